The van der Waals surface area contributed by atoms with E-state index in [0.29, 0.717) is 23.6 Å². The average Bonchev–Trinajstić information content (AvgIpc) is 3.06. The molecule has 0 saturated heterocycles. The summed E-state index contributed by atoms with van der Waals surface area (Å²) >= 11 is 5.91. The van der Waals surface area contributed by atoms with E-state index < -0.39 is 0 Å². The second-order valence-corrected chi connectivity index (χ2v) is 5.69. The van der Waals surface area contributed by atoms with Gasteiger partial charge in [0.1, 0.15) is 5.82 Å². The molecular formula is C15H19ClN2O2. The Labute approximate surface area is 123 Å². The van der Waals surface area contributed by atoms with Crippen LogP contribution in [0.4, 0.5) is 0 Å². The summed E-state index contributed by atoms with van der Waals surface area (Å²) in [6, 6.07) is 4.50. The molecule has 0 amide bonds. The van der Waals surface area contributed by atoms with Crippen LogP contribution in [-0.4, -0.2) is 29.7 Å². The molecule has 0 bridgehead atoms. The molecule has 1 heterocycles. The van der Waals surface area contributed by atoms with Crippen LogP contribution in [0.3, 0.4) is 0 Å². The average molecular weight is 295 g/mol. The third kappa shape index (κ3) is 2.12. The maximum Gasteiger partial charge on any atom is 0.163 e. The van der Waals surface area contributed by atoms with Gasteiger partial charge >= 0.3 is 0 Å². The number of fused-ring (bicyclic) bond motifs is 1. The van der Waals surface area contributed by atoms with Gasteiger partial charge in [0.2, 0.25) is 0 Å². The van der Waals surface area contributed by atoms with Crippen LogP contribution in [0.5, 0.6) is 11.5 Å². The fraction of sp³-hybridized carbons (Fsp3) is 0.533. The van der Waals surface area contributed by atoms with Crippen LogP contribution >= 0.6 is 11.6 Å². The smallest absolute Gasteiger partial charge is 0.163 e. The first-order chi connectivity index (χ1) is 9.69. The quantitative estimate of drug-likeness (QED) is 0.793. The monoisotopic (exact) mass is 294 g/mol. The zero-order chi connectivity index (χ0) is 14.3. The molecule has 0 radical (unpaired) electrons. The summed E-state index contributed by atoms with van der Waals surface area (Å²) in [5.41, 5.74) is 2.05. The molecular weight excluding hydrogens is 276 g/mol. The fourth-order valence-electron chi connectivity index (χ4n) is 2.77. The Kier molecular flexibility index (Phi) is 3.50. The highest BCUT2D eigenvalue weighted by Crippen LogP contribution is 2.46. The van der Waals surface area contributed by atoms with Crippen molar-refractivity contribution in [1.29, 1.82) is 0 Å². The van der Waals surface area contributed by atoms with Gasteiger partial charge in [0.25, 0.3) is 0 Å². The number of methoxy groups -OCH3 is 2. The van der Waals surface area contributed by atoms with Gasteiger partial charge in [-0.25, -0.2) is 4.98 Å². The van der Waals surface area contributed by atoms with Crippen molar-refractivity contribution in [3.8, 4) is 11.5 Å². The van der Waals surface area contributed by atoms with Gasteiger partial charge in [0, 0.05) is 30.5 Å². The summed E-state index contributed by atoms with van der Waals surface area (Å²) in [6.07, 6.45) is 1.99. The van der Waals surface area contributed by atoms with E-state index in [4.69, 9.17) is 26.1 Å². The molecule has 1 aromatic carbocycles. The van der Waals surface area contributed by atoms with Gasteiger partial charge < -0.3 is 14.0 Å². The van der Waals surface area contributed by atoms with Crippen LogP contribution in [0.1, 0.15) is 25.2 Å². The highest BCUT2D eigenvalue weighted by Gasteiger charge is 2.37. The number of benzene rings is 1. The number of nitrogens with zero attached hydrogens (tertiary/aromatic N) is 2. The van der Waals surface area contributed by atoms with Crippen molar-refractivity contribution in [3.05, 3.63) is 18.0 Å². The Morgan fingerprint density at radius 2 is 1.95 bits per heavy atom. The summed E-state index contributed by atoms with van der Waals surface area (Å²) in [6.45, 7) is 2.27. The molecule has 0 aliphatic heterocycles. The lowest BCUT2D eigenvalue weighted by Gasteiger charge is -2.10. The van der Waals surface area contributed by atoms with Crippen molar-refractivity contribution in [1.82, 2.24) is 9.55 Å². The van der Waals surface area contributed by atoms with Gasteiger partial charge in [-0.2, -0.15) is 0 Å². The van der Waals surface area contributed by atoms with Gasteiger partial charge in [0.15, 0.2) is 11.5 Å². The molecule has 0 spiro atoms. The van der Waals surface area contributed by atoms with Crippen LogP contribution < -0.4 is 9.47 Å². The highest BCUT2D eigenvalue weighted by atomic mass is 35.5. The SMILES string of the molecule is COc1cc2nc(CCCl)n(C3CC3C)c2cc1OC. The number of halogens is 1. The number of rotatable bonds is 5. The number of hydrogen-bond acceptors (Lipinski definition) is 3. The summed E-state index contributed by atoms with van der Waals surface area (Å²) in [7, 11) is 3.30. The maximum atomic E-state index is 5.91. The molecule has 20 heavy (non-hydrogen) atoms. The molecule has 1 aliphatic carbocycles. The maximum absolute atomic E-state index is 5.91. The van der Waals surface area contributed by atoms with E-state index in [-0.39, 0.29) is 0 Å². The van der Waals surface area contributed by atoms with Gasteiger partial charge in [-0.05, 0) is 12.3 Å². The normalized spacial score (nSPS) is 21.2. The van der Waals surface area contributed by atoms with Crippen molar-refractivity contribution in [3.63, 3.8) is 0 Å². The van der Waals surface area contributed by atoms with E-state index in [1.54, 1.807) is 14.2 Å². The first-order valence-corrected chi connectivity index (χ1v) is 7.41. The van der Waals surface area contributed by atoms with Crippen LogP contribution in [0.25, 0.3) is 11.0 Å². The lowest BCUT2D eigenvalue weighted by molar-refractivity contribution is 0.355. The second kappa shape index (κ2) is 5.17. The van der Waals surface area contributed by atoms with Gasteiger partial charge in [-0.15, -0.1) is 11.6 Å². The van der Waals surface area contributed by atoms with Crippen LogP contribution in [-0.2, 0) is 6.42 Å². The molecule has 1 fully saturated rings. The van der Waals surface area contributed by atoms with E-state index in [9.17, 15) is 0 Å². The lowest BCUT2D eigenvalue weighted by atomic mass is 10.2. The minimum Gasteiger partial charge on any atom is -0.493 e. The van der Waals surface area contributed by atoms with Crippen molar-refractivity contribution < 1.29 is 9.47 Å². The number of aromatic nitrogens is 2. The van der Waals surface area contributed by atoms with E-state index in [1.165, 1.54) is 6.42 Å². The Bertz CT molecular complexity index is 638. The minimum atomic E-state index is 0.538. The number of ether oxygens (including phenoxy) is 2. The first-order valence-electron chi connectivity index (χ1n) is 6.88. The topological polar surface area (TPSA) is 36.3 Å². The number of alkyl halides is 1. The van der Waals surface area contributed by atoms with Crippen molar-refractivity contribution >= 4 is 22.6 Å². The molecule has 2 atom stereocenters. The molecule has 1 aromatic heterocycles. The highest BCUT2D eigenvalue weighted by molar-refractivity contribution is 6.17. The van der Waals surface area contributed by atoms with E-state index >= 15 is 0 Å². The standard InChI is InChI=1S/C15H19ClN2O2/c1-9-6-11(9)18-12-8-14(20-3)13(19-2)7-10(12)17-15(18)4-5-16/h7-9,11H,4-6H2,1-3H3. The largest absolute Gasteiger partial charge is 0.493 e. The van der Waals surface area contributed by atoms with Crippen molar-refractivity contribution in [2.75, 3.05) is 20.1 Å². The lowest BCUT2D eigenvalue weighted by Crippen LogP contribution is -2.03. The molecule has 5 heteroatoms. The first kappa shape index (κ1) is 13.6. The third-order valence-electron chi connectivity index (χ3n) is 3.98. The predicted molar refractivity (Wildman–Crippen MR) is 80.1 cm³/mol. The molecule has 2 aromatic rings. The van der Waals surface area contributed by atoms with Crippen LogP contribution in [0.2, 0.25) is 0 Å². The summed E-state index contributed by atoms with van der Waals surface area (Å²) < 4.78 is 13.1. The fourth-order valence-corrected chi connectivity index (χ4v) is 2.93. The number of aryl methyl sites for hydroxylation is 1. The van der Waals surface area contributed by atoms with Crippen molar-refractivity contribution in [2.45, 2.75) is 25.8 Å². The number of imidazole rings is 1. The van der Waals surface area contributed by atoms with E-state index in [1.807, 2.05) is 12.1 Å². The predicted octanol–water partition coefficient (Wildman–Crippen LogP) is 3.42. The van der Waals surface area contributed by atoms with Crippen molar-refractivity contribution in [2.24, 2.45) is 5.92 Å². The van der Waals surface area contributed by atoms with Gasteiger partial charge in [-0.1, -0.05) is 6.92 Å². The summed E-state index contributed by atoms with van der Waals surface area (Å²) in [5.74, 6) is 3.80. The van der Waals surface area contributed by atoms with Gasteiger partial charge in [-0.3, -0.25) is 0 Å². The minimum absolute atomic E-state index is 0.538. The van der Waals surface area contributed by atoms with Crippen LogP contribution in [0, 0.1) is 5.92 Å². The molecule has 2 unspecified atom stereocenters. The van der Waals surface area contributed by atoms with Crippen LogP contribution in [0.15, 0.2) is 12.1 Å². The Balaban J connectivity index is 2.19. The molecule has 1 aliphatic rings. The zero-order valence-corrected chi connectivity index (χ0v) is 12.8. The molecule has 0 N–H and O–H groups in total. The molecule has 108 valence electrons. The Morgan fingerprint density at radius 3 is 2.50 bits per heavy atom. The van der Waals surface area contributed by atoms with E-state index in [0.717, 1.165) is 29.0 Å². The second-order valence-electron chi connectivity index (χ2n) is 5.31. The molecule has 4 nitrogen and oxygen atoms in total. The summed E-state index contributed by atoms with van der Waals surface area (Å²) in [5, 5.41) is 0. The summed E-state index contributed by atoms with van der Waals surface area (Å²) in [4.78, 5) is 4.73. The molecule has 3 rings (SSSR count). The Hall–Kier alpha value is -1.42. The number of hydrogen-bond donors (Lipinski definition) is 0. The van der Waals surface area contributed by atoms with E-state index in [2.05, 4.69) is 11.5 Å². The zero-order valence-electron chi connectivity index (χ0n) is 12.0. The Morgan fingerprint density at radius 1 is 1.30 bits per heavy atom. The molecule has 1 saturated carbocycles. The third-order valence-corrected chi connectivity index (χ3v) is 4.17. The van der Waals surface area contributed by atoms with Gasteiger partial charge in [0.05, 0.1) is 25.3 Å².